The van der Waals surface area contributed by atoms with Crippen LogP contribution in [0.3, 0.4) is 0 Å². The highest BCUT2D eigenvalue weighted by Crippen LogP contribution is 2.37. The van der Waals surface area contributed by atoms with Crippen molar-refractivity contribution in [2.75, 3.05) is 13.7 Å². The number of hydrogen-bond donors (Lipinski definition) is 1. The fraction of sp³-hybridized carbons (Fsp3) is 0.207. The van der Waals surface area contributed by atoms with E-state index in [2.05, 4.69) is 5.32 Å². The Balaban J connectivity index is 1.48. The standard InChI is InChI=1S/C29H28N2O6/c1-19(22-8-5-4-6-9-22)31-20(2)27(29(34)35-3)25(28(31)33)16-21-11-13-23(14-12-21)37-18-26(32)30-17-24-10-7-15-36-24/h4-16,19H,17-18H2,1-3H3,(H,30,32)/b25-16-/t19-/m0/s1. The van der Waals surface area contributed by atoms with Crippen molar-refractivity contribution < 1.29 is 28.3 Å². The molecule has 1 aliphatic heterocycles. The van der Waals surface area contributed by atoms with Crippen molar-refractivity contribution in [2.24, 2.45) is 0 Å². The average molecular weight is 501 g/mol. The molecule has 0 spiro atoms. The molecule has 190 valence electrons. The zero-order valence-electron chi connectivity index (χ0n) is 20.9. The molecule has 2 amide bonds. The minimum atomic E-state index is -0.569. The smallest absolute Gasteiger partial charge is 0.340 e. The summed E-state index contributed by atoms with van der Waals surface area (Å²) in [5.41, 5.74) is 2.69. The number of furan rings is 1. The second kappa shape index (κ2) is 11.4. The summed E-state index contributed by atoms with van der Waals surface area (Å²) in [7, 11) is 1.30. The summed E-state index contributed by atoms with van der Waals surface area (Å²) in [5.74, 6) is 0.0186. The zero-order valence-corrected chi connectivity index (χ0v) is 20.9. The molecule has 2 aromatic carbocycles. The molecule has 1 aliphatic rings. The van der Waals surface area contributed by atoms with Gasteiger partial charge in [-0.2, -0.15) is 0 Å². The van der Waals surface area contributed by atoms with E-state index in [-0.39, 0.29) is 42.2 Å². The molecule has 1 aromatic heterocycles. The van der Waals surface area contributed by atoms with E-state index in [1.54, 1.807) is 60.6 Å². The van der Waals surface area contributed by atoms with Gasteiger partial charge in [-0.3, -0.25) is 9.59 Å². The minimum absolute atomic E-state index is 0.152. The van der Waals surface area contributed by atoms with Crippen molar-refractivity contribution in [2.45, 2.75) is 26.4 Å². The van der Waals surface area contributed by atoms with Crippen LogP contribution in [0.15, 0.2) is 94.3 Å². The molecule has 0 unspecified atom stereocenters. The van der Waals surface area contributed by atoms with Crippen molar-refractivity contribution in [1.82, 2.24) is 10.2 Å². The first-order valence-corrected chi connectivity index (χ1v) is 11.8. The lowest BCUT2D eigenvalue weighted by Crippen LogP contribution is -2.28. The number of methoxy groups -OCH3 is 1. The van der Waals surface area contributed by atoms with E-state index in [9.17, 15) is 14.4 Å². The lowest BCUT2D eigenvalue weighted by molar-refractivity contribution is -0.136. The lowest BCUT2D eigenvalue weighted by Gasteiger charge is -2.26. The van der Waals surface area contributed by atoms with Gasteiger partial charge in [0.1, 0.15) is 11.5 Å². The highest BCUT2D eigenvalue weighted by Gasteiger charge is 2.39. The summed E-state index contributed by atoms with van der Waals surface area (Å²) in [6.07, 6.45) is 3.20. The minimum Gasteiger partial charge on any atom is -0.484 e. The maximum atomic E-state index is 13.5. The molecule has 1 atom stereocenters. The van der Waals surface area contributed by atoms with Crippen molar-refractivity contribution >= 4 is 23.9 Å². The topological polar surface area (TPSA) is 98.1 Å². The Morgan fingerprint density at radius 2 is 1.78 bits per heavy atom. The molecule has 3 aromatic rings. The third-order valence-electron chi connectivity index (χ3n) is 6.10. The molecule has 37 heavy (non-hydrogen) atoms. The van der Waals surface area contributed by atoms with E-state index in [1.807, 2.05) is 37.3 Å². The van der Waals surface area contributed by atoms with Crippen molar-refractivity contribution in [3.8, 4) is 5.75 Å². The summed E-state index contributed by atoms with van der Waals surface area (Å²) in [6, 6.07) is 19.8. The number of allylic oxidation sites excluding steroid dienone is 1. The fourth-order valence-corrected chi connectivity index (χ4v) is 4.17. The second-order valence-corrected chi connectivity index (χ2v) is 8.49. The summed E-state index contributed by atoms with van der Waals surface area (Å²) >= 11 is 0. The Hall–Kier alpha value is -4.59. The van der Waals surface area contributed by atoms with Crippen molar-refractivity contribution in [3.63, 3.8) is 0 Å². The lowest BCUT2D eigenvalue weighted by atomic mass is 10.0. The van der Waals surface area contributed by atoms with Gasteiger partial charge in [-0.1, -0.05) is 42.5 Å². The van der Waals surface area contributed by atoms with Crippen LogP contribution in [0.1, 0.15) is 36.8 Å². The summed E-state index contributed by atoms with van der Waals surface area (Å²) in [5, 5.41) is 2.71. The quantitative estimate of drug-likeness (QED) is 0.345. The molecule has 1 N–H and O–H groups in total. The largest absolute Gasteiger partial charge is 0.484 e. The van der Waals surface area contributed by atoms with Crippen LogP contribution in [0.2, 0.25) is 0 Å². The Labute approximate surface area is 215 Å². The van der Waals surface area contributed by atoms with Gasteiger partial charge in [-0.05, 0) is 55.3 Å². The Morgan fingerprint density at radius 1 is 1.05 bits per heavy atom. The molecule has 0 bridgehead atoms. The number of hydrogen-bond acceptors (Lipinski definition) is 6. The predicted molar refractivity (Wildman–Crippen MR) is 137 cm³/mol. The third kappa shape index (κ3) is 5.81. The Bertz CT molecular complexity index is 1320. The van der Waals surface area contributed by atoms with Crippen LogP contribution in [0, 0.1) is 0 Å². The molecule has 0 saturated heterocycles. The first-order chi connectivity index (χ1) is 17.9. The maximum absolute atomic E-state index is 13.5. The van der Waals surface area contributed by atoms with E-state index < -0.39 is 5.97 Å². The molecular formula is C29H28N2O6. The number of ether oxygens (including phenoxy) is 2. The molecule has 2 heterocycles. The summed E-state index contributed by atoms with van der Waals surface area (Å²) in [6.45, 7) is 3.80. The van der Waals surface area contributed by atoms with E-state index >= 15 is 0 Å². The highest BCUT2D eigenvalue weighted by molar-refractivity contribution is 6.16. The number of esters is 1. The van der Waals surface area contributed by atoms with Gasteiger partial charge in [-0.15, -0.1) is 0 Å². The summed E-state index contributed by atoms with van der Waals surface area (Å²) in [4.78, 5) is 39.8. The van der Waals surface area contributed by atoms with Crippen molar-refractivity contribution in [3.05, 3.63) is 107 Å². The average Bonchev–Trinajstić information content (AvgIpc) is 3.53. The van der Waals surface area contributed by atoms with Gasteiger partial charge in [0.25, 0.3) is 11.8 Å². The van der Waals surface area contributed by atoms with Crippen LogP contribution < -0.4 is 10.1 Å². The van der Waals surface area contributed by atoms with Crippen LogP contribution in [0.5, 0.6) is 5.75 Å². The van der Waals surface area contributed by atoms with Gasteiger partial charge >= 0.3 is 5.97 Å². The van der Waals surface area contributed by atoms with Crippen LogP contribution >= 0.6 is 0 Å². The first kappa shape index (κ1) is 25.5. The Morgan fingerprint density at radius 3 is 2.43 bits per heavy atom. The molecule has 0 fully saturated rings. The summed E-state index contributed by atoms with van der Waals surface area (Å²) < 4.78 is 15.7. The molecule has 0 saturated carbocycles. The number of rotatable bonds is 9. The fourth-order valence-electron chi connectivity index (χ4n) is 4.17. The zero-order chi connectivity index (χ0) is 26.4. The van der Waals surface area contributed by atoms with Gasteiger partial charge in [0.2, 0.25) is 0 Å². The van der Waals surface area contributed by atoms with E-state index in [0.717, 1.165) is 5.56 Å². The maximum Gasteiger partial charge on any atom is 0.340 e. The van der Waals surface area contributed by atoms with Crippen LogP contribution in [0.4, 0.5) is 0 Å². The number of benzene rings is 2. The van der Waals surface area contributed by atoms with Crippen LogP contribution in [0.25, 0.3) is 6.08 Å². The van der Waals surface area contributed by atoms with Gasteiger partial charge in [0, 0.05) is 5.70 Å². The van der Waals surface area contributed by atoms with Gasteiger partial charge in [0.05, 0.1) is 37.1 Å². The number of carbonyl (C=O) groups excluding carboxylic acids is 3. The predicted octanol–water partition coefficient (Wildman–Crippen LogP) is 4.41. The normalized spacial score (nSPS) is 15.2. The van der Waals surface area contributed by atoms with E-state index in [4.69, 9.17) is 13.9 Å². The monoisotopic (exact) mass is 500 g/mol. The number of nitrogens with zero attached hydrogens (tertiary/aromatic N) is 1. The molecule has 0 radical (unpaired) electrons. The molecule has 8 heteroatoms. The van der Waals surface area contributed by atoms with E-state index in [1.165, 1.54) is 7.11 Å². The third-order valence-corrected chi connectivity index (χ3v) is 6.10. The van der Waals surface area contributed by atoms with E-state index in [0.29, 0.717) is 22.8 Å². The van der Waals surface area contributed by atoms with Crippen LogP contribution in [-0.4, -0.2) is 36.4 Å². The first-order valence-electron chi connectivity index (χ1n) is 11.8. The molecular weight excluding hydrogens is 472 g/mol. The molecule has 8 nitrogen and oxygen atoms in total. The van der Waals surface area contributed by atoms with Gasteiger partial charge in [-0.25, -0.2) is 4.79 Å². The number of amides is 2. The highest BCUT2D eigenvalue weighted by atomic mass is 16.5. The van der Waals surface area contributed by atoms with Gasteiger partial charge < -0.3 is 24.1 Å². The van der Waals surface area contributed by atoms with Gasteiger partial charge in [0.15, 0.2) is 6.61 Å². The SMILES string of the molecule is COC(=O)C1=C(C)N([C@@H](C)c2ccccc2)C(=O)/C1=C\c1ccc(OCC(=O)NCc2ccco2)cc1. The van der Waals surface area contributed by atoms with Crippen LogP contribution in [-0.2, 0) is 25.7 Å². The second-order valence-electron chi connectivity index (χ2n) is 8.49. The molecule has 0 aliphatic carbocycles. The molecule has 4 rings (SSSR count). The Kier molecular flexibility index (Phi) is 7.88. The number of nitrogens with one attached hydrogen (secondary N) is 1. The van der Waals surface area contributed by atoms with Crippen molar-refractivity contribution in [1.29, 1.82) is 0 Å². The number of carbonyl (C=O) groups is 3.